The summed E-state index contributed by atoms with van der Waals surface area (Å²) in [6, 6.07) is 2.77. The number of rotatable bonds is 3. The van der Waals surface area contributed by atoms with Crippen molar-refractivity contribution in [3.05, 3.63) is 17.3 Å². The molecule has 0 aliphatic carbocycles. The van der Waals surface area contributed by atoms with Gasteiger partial charge in [-0.25, -0.2) is 9.97 Å². The van der Waals surface area contributed by atoms with Crippen LogP contribution in [-0.2, 0) is 11.2 Å². The summed E-state index contributed by atoms with van der Waals surface area (Å²) in [4.78, 5) is 15.7. The SMILES string of the molecule is CCc1nc(N2CC(C)C(N3CCOCC3)C2)c2ccsc2n1. The van der Waals surface area contributed by atoms with Gasteiger partial charge in [0, 0.05) is 38.6 Å². The summed E-state index contributed by atoms with van der Waals surface area (Å²) in [7, 11) is 0. The third kappa shape index (κ3) is 2.84. The summed E-state index contributed by atoms with van der Waals surface area (Å²) in [6.07, 6.45) is 0.886. The van der Waals surface area contributed by atoms with Crippen molar-refractivity contribution in [2.24, 2.45) is 5.92 Å². The van der Waals surface area contributed by atoms with Crippen LogP contribution in [0.15, 0.2) is 11.4 Å². The summed E-state index contributed by atoms with van der Waals surface area (Å²) in [5.41, 5.74) is 0. The molecule has 2 aliphatic rings. The highest BCUT2D eigenvalue weighted by atomic mass is 32.1. The molecule has 124 valence electrons. The third-order valence-electron chi connectivity index (χ3n) is 5.05. The van der Waals surface area contributed by atoms with Crippen molar-refractivity contribution in [3.8, 4) is 0 Å². The zero-order chi connectivity index (χ0) is 15.8. The van der Waals surface area contributed by atoms with E-state index in [0.717, 1.165) is 62.3 Å². The highest BCUT2D eigenvalue weighted by Gasteiger charge is 2.35. The maximum atomic E-state index is 5.51. The number of hydrogen-bond donors (Lipinski definition) is 0. The van der Waals surface area contributed by atoms with E-state index in [2.05, 4.69) is 40.1 Å². The van der Waals surface area contributed by atoms with Crippen LogP contribution < -0.4 is 4.90 Å². The fraction of sp³-hybridized carbons (Fsp3) is 0.647. The number of hydrogen-bond acceptors (Lipinski definition) is 6. The largest absolute Gasteiger partial charge is 0.379 e. The van der Waals surface area contributed by atoms with Crippen molar-refractivity contribution in [1.29, 1.82) is 0 Å². The summed E-state index contributed by atoms with van der Waals surface area (Å²) in [6.45, 7) is 10.5. The van der Waals surface area contributed by atoms with Crippen LogP contribution in [-0.4, -0.2) is 60.3 Å². The molecule has 4 heterocycles. The summed E-state index contributed by atoms with van der Waals surface area (Å²) in [5, 5.41) is 3.34. The third-order valence-corrected chi connectivity index (χ3v) is 5.86. The lowest BCUT2D eigenvalue weighted by Crippen LogP contribution is -2.46. The van der Waals surface area contributed by atoms with Crippen LogP contribution in [0.5, 0.6) is 0 Å². The Morgan fingerprint density at radius 2 is 2.09 bits per heavy atom. The monoisotopic (exact) mass is 332 g/mol. The number of aromatic nitrogens is 2. The van der Waals surface area contributed by atoms with Gasteiger partial charge in [-0.1, -0.05) is 13.8 Å². The minimum Gasteiger partial charge on any atom is -0.379 e. The maximum absolute atomic E-state index is 5.51. The second-order valence-electron chi connectivity index (χ2n) is 6.55. The Kier molecular flexibility index (Phi) is 4.22. The smallest absolute Gasteiger partial charge is 0.141 e. The quantitative estimate of drug-likeness (QED) is 0.863. The second kappa shape index (κ2) is 6.34. The maximum Gasteiger partial charge on any atom is 0.141 e. The molecule has 0 N–H and O–H groups in total. The van der Waals surface area contributed by atoms with Crippen molar-refractivity contribution in [3.63, 3.8) is 0 Å². The van der Waals surface area contributed by atoms with Crippen LogP contribution in [0.1, 0.15) is 19.7 Å². The zero-order valence-corrected chi connectivity index (χ0v) is 14.7. The van der Waals surface area contributed by atoms with Crippen LogP contribution >= 0.6 is 11.3 Å². The average molecular weight is 332 g/mol. The van der Waals surface area contributed by atoms with Gasteiger partial charge in [0.25, 0.3) is 0 Å². The van der Waals surface area contributed by atoms with E-state index in [9.17, 15) is 0 Å². The number of nitrogens with zero attached hydrogens (tertiary/aromatic N) is 4. The summed E-state index contributed by atoms with van der Waals surface area (Å²) in [5.74, 6) is 2.75. The molecule has 0 saturated carbocycles. The van der Waals surface area contributed by atoms with Crippen LogP contribution in [0.3, 0.4) is 0 Å². The van der Waals surface area contributed by atoms with E-state index in [1.165, 1.54) is 5.39 Å². The molecule has 2 saturated heterocycles. The molecular formula is C17H24N4OS. The fourth-order valence-electron chi connectivity index (χ4n) is 3.79. The first-order chi connectivity index (χ1) is 11.3. The van der Waals surface area contributed by atoms with E-state index in [0.29, 0.717) is 12.0 Å². The molecule has 23 heavy (non-hydrogen) atoms. The van der Waals surface area contributed by atoms with Gasteiger partial charge < -0.3 is 9.64 Å². The first-order valence-electron chi connectivity index (χ1n) is 8.57. The highest BCUT2D eigenvalue weighted by Crippen LogP contribution is 2.33. The number of thiophene rings is 1. The second-order valence-corrected chi connectivity index (χ2v) is 7.45. The molecule has 0 spiro atoms. The van der Waals surface area contributed by atoms with Crippen molar-refractivity contribution in [2.75, 3.05) is 44.3 Å². The van der Waals surface area contributed by atoms with Gasteiger partial charge in [-0.05, 0) is 17.4 Å². The molecule has 2 atom stereocenters. The lowest BCUT2D eigenvalue weighted by Gasteiger charge is -2.34. The van der Waals surface area contributed by atoms with Gasteiger partial charge >= 0.3 is 0 Å². The van der Waals surface area contributed by atoms with Gasteiger partial charge in [0.05, 0.1) is 18.6 Å². The normalized spacial score (nSPS) is 26.3. The van der Waals surface area contributed by atoms with Gasteiger partial charge in [0.15, 0.2) is 0 Å². The molecule has 0 radical (unpaired) electrons. The van der Waals surface area contributed by atoms with Crippen LogP contribution in [0, 0.1) is 5.92 Å². The van der Waals surface area contributed by atoms with Crippen LogP contribution in [0.2, 0.25) is 0 Å². The Hall–Kier alpha value is -1.24. The molecule has 2 fully saturated rings. The van der Waals surface area contributed by atoms with Crippen LogP contribution in [0.25, 0.3) is 10.2 Å². The summed E-state index contributed by atoms with van der Waals surface area (Å²) >= 11 is 1.71. The molecule has 0 aromatic carbocycles. The number of fused-ring (bicyclic) bond motifs is 1. The average Bonchev–Trinajstić information content (AvgIpc) is 3.21. The molecule has 2 unspecified atom stereocenters. The Morgan fingerprint density at radius 1 is 1.26 bits per heavy atom. The fourth-order valence-corrected chi connectivity index (χ4v) is 4.57. The van der Waals surface area contributed by atoms with E-state index in [4.69, 9.17) is 9.72 Å². The van der Waals surface area contributed by atoms with E-state index >= 15 is 0 Å². The van der Waals surface area contributed by atoms with Gasteiger partial charge in [0.2, 0.25) is 0 Å². The molecule has 5 nitrogen and oxygen atoms in total. The van der Waals surface area contributed by atoms with E-state index in [-0.39, 0.29) is 0 Å². The van der Waals surface area contributed by atoms with Gasteiger partial charge in [-0.2, -0.15) is 0 Å². The van der Waals surface area contributed by atoms with E-state index in [1.54, 1.807) is 11.3 Å². The highest BCUT2D eigenvalue weighted by molar-refractivity contribution is 7.16. The molecule has 4 rings (SSSR count). The molecular weight excluding hydrogens is 308 g/mol. The predicted octanol–water partition coefficient (Wildman–Crippen LogP) is 2.41. The first-order valence-corrected chi connectivity index (χ1v) is 9.45. The molecule has 6 heteroatoms. The lowest BCUT2D eigenvalue weighted by atomic mass is 10.0. The number of ether oxygens (including phenoxy) is 1. The van der Waals surface area contributed by atoms with Crippen molar-refractivity contribution >= 4 is 27.4 Å². The first kappa shape index (κ1) is 15.3. The number of anilines is 1. The number of aryl methyl sites for hydroxylation is 1. The Morgan fingerprint density at radius 3 is 2.87 bits per heavy atom. The molecule has 2 aromatic rings. The Labute approximate surface area is 141 Å². The minimum atomic E-state index is 0.604. The standard InChI is InChI=1S/C17H24N4OS/c1-3-15-18-16(13-4-9-23-17(13)19-15)21-10-12(2)14(11-21)20-5-7-22-8-6-20/h4,9,12,14H,3,5-8,10-11H2,1-2H3. The van der Waals surface area contributed by atoms with E-state index in [1.807, 2.05) is 0 Å². The number of morpholine rings is 1. The molecule has 2 aliphatic heterocycles. The van der Waals surface area contributed by atoms with Gasteiger partial charge in [-0.3, -0.25) is 4.90 Å². The van der Waals surface area contributed by atoms with Crippen molar-refractivity contribution < 1.29 is 4.74 Å². The lowest BCUT2D eigenvalue weighted by molar-refractivity contribution is 0.0134. The molecule has 0 amide bonds. The van der Waals surface area contributed by atoms with Gasteiger partial charge in [0.1, 0.15) is 16.5 Å². The zero-order valence-electron chi connectivity index (χ0n) is 13.9. The molecule has 0 bridgehead atoms. The molecule has 2 aromatic heterocycles. The topological polar surface area (TPSA) is 41.5 Å². The van der Waals surface area contributed by atoms with Gasteiger partial charge in [-0.15, -0.1) is 11.3 Å². The van der Waals surface area contributed by atoms with Crippen molar-refractivity contribution in [1.82, 2.24) is 14.9 Å². The van der Waals surface area contributed by atoms with E-state index < -0.39 is 0 Å². The Balaban J connectivity index is 1.62. The van der Waals surface area contributed by atoms with Crippen molar-refractivity contribution in [2.45, 2.75) is 26.3 Å². The Bertz CT molecular complexity index is 682. The predicted molar refractivity (Wildman–Crippen MR) is 94.4 cm³/mol. The minimum absolute atomic E-state index is 0.604. The summed E-state index contributed by atoms with van der Waals surface area (Å²) < 4.78 is 5.51. The van der Waals surface area contributed by atoms with Crippen LogP contribution in [0.4, 0.5) is 5.82 Å².